The minimum absolute atomic E-state index is 0. The van der Waals surface area contributed by atoms with Crippen LogP contribution in [0.1, 0.15) is 75.2 Å². The molecule has 9 heteroatoms. The van der Waals surface area contributed by atoms with E-state index in [0.717, 1.165) is 31.5 Å². The number of esters is 1. The van der Waals surface area contributed by atoms with E-state index in [9.17, 15) is 14.7 Å². The molecule has 0 amide bonds. The van der Waals surface area contributed by atoms with E-state index in [1.807, 2.05) is 27.7 Å². The molecule has 0 spiro atoms. The van der Waals surface area contributed by atoms with Crippen LogP contribution in [-0.2, 0) is 14.3 Å². The van der Waals surface area contributed by atoms with Crippen LogP contribution in [0.3, 0.4) is 0 Å². The summed E-state index contributed by atoms with van der Waals surface area (Å²) < 4.78 is 13.0. The number of nitrogens with zero attached hydrogens (tertiary/aromatic N) is 3. The van der Waals surface area contributed by atoms with E-state index < -0.39 is 23.6 Å². The number of rotatable bonds is 5. The molecule has 32 heavy (non-hydrogen) atoms. The number of hydrogen-bond acceptors (Lipinski definition) is 7. The molecular weight excluding hydrogens is 421 g/mol. The molecular formula is C23H32N3NaO5. The maximum atomic E-state index is 12.8. The van der Waals surface area contributed by atoms with Crippen LogP contribution in [0.25, 0.3) is 5.65 Å². The van der Waals surface area contributed by atoms with Gasteiger partial charge >= 0.3 is 35.5 Å². The van der Waals surface area contributed by atoms with E-state index in [4.69, 9.17) is 9.47 Å². The zero-order valence-corrected chi connectivity index (χ0v) is 22.4. The average Bonchev–Trinajstić information content (AvgIpc) is 3.08. The van der Waals surface area contributed by atoms with Crippen LogP contribution in [0.2, 0.25) is 0 Å². The molecule has 8 nitrogen and oxygen atoms in total. The number of carboxylic acids is 1. The van der Waals surface area contributed by atoms with Gasteiger partial charge in [0, 0.05) is 24.8 Å². The van der Waals surface area contributed by atoms with Crippen molar-refractivity contribution in [3.05, 3.63) is 29.1 Å². The molecule has 0 unspecified atom stereocenters. The van der Waals surface area contributed by atoms with Crippen molar-refractivity contribution in [1.82, 2.24) is 9.38 Å². The van der Waals surface area contributed by atoms with E-state index in [0.29, 0.717) is 17.0 Å². The van der Waals surface area contributed by atoms with Gasteiger partial charge in [0.2, 0.25) is 0 Å². The van der Waals surface area contributed by atoms with Gasteiger partial charge in [0.05, 0.1) is 18.7 Å². The van der Waals surface area contributed by atoms with Gasteiger partial charge in [0.25, 0.3) is 0 Å². The first-order chi connectivity index (χ1) is 14.3. The number of pyridine rings is 1. The van der Waals surface area contributed by atoms with Gasteiger partial charge in [-0.2, -0.15) is 0 Å². The number of fused-ring (bicyclic) bond motifs is 1. The second-order valence-corrected chi connectivity index (χ2v) is 9.99. The number of carboxylic acid groups (broad SMARTS) is 1. The smallest absolute Gasteiger partial charge is 0.543 e. The Morgan fingerprint density at radius 2 is 1.81 bits per heavy atom. The number of piperidine rings is 1. The summed E-state index contributed by atoms with van der Waals surface area (Å²) in [5.74, 6) is -1.13. The Hall–Kier alpha value is -1.61. The number of ether oxygens (including phenoxy) is 2. The zero-order chi connectivity index (χ0) is 23.1. The molecule has 170 valence electrons. The predicted octanol–water partition coefficient (Wildman–Crippen LogP) is -0.334. The van der Waals surface area contributed by atoms with Gasteiger partial charge < -0.3 is 24.3 Å². The molecule has 1 aliphatic rings. The van der Waals surface area contributed by atoms with Gasteiger partial charge in [0.15, 0.2) is 6.10 Å². The number of hydrogen-bond donors (Lipinski definition) is 0. The van der Waals surface area contributed by atoms with E-state index in [1.54, 1.807) is 10.5 Å². The number of carbonyl (C=O) groups excluding carboxylic acids is 2. The summed E-state index contributed by atoms with van der Waals surface area (Å²) in [4.78, 5) is 30.7. The van der Waals surface area contributed by atoms with Crippen molar-refractivity contribution < 1.29 is 53.7 Å². The van der Waals surface area contributed by atoms with Crippen molar-refractivity contribution in [1.29, 1.82) is 0 Å². The minimum atomic E-state index is -1.34. The molecule has 0 aromatic carbocycles. The third-order valence-electron chi connectivity index (χ3n) is 5.75. The first kappa shape index (κ1) is 26.6. The Bertz CT molecular complexity index is 999. The van der Waals surface area contributed by atoms with Crippen molar-refractivity contribution in [2.24, 2.45) is 5.41 Å². The summed E-state index contributed by atoms with van der Waals surface area (Å²) in [5, 5.41) is 11.5. The maximum Gasteiger partial charge on any atom is 1.00 e. The Morgan fingerprint density at radius 3 is 2.31 bits per heavy atom. The maximum absolute atomic E-state index is 12.8. The number of methoxy groups -OCH3 is 1. The molecule has 1 saturated heterocycles. The van der Waals surface area contributed by atoms with Crippen LogP contribution in [0.4, 0.5) is 5.82 Å². The van der Waals surface area contributed by atoms with Crippen LogP contribution >= 0.6 is 0 Å². The molecule has 3 heterocycles. The molecule has 2 aromatic heterocycles. The molecule has 2 aromatic rings. The average molecular weight is 454 g/mol. The second kappa shape index (κ2) is 9.71. The van der Waals surface area contributed by atoms with Crippen molar-refractivity contribution in [3.8, 4) is 0 Å². The van der Waals surface area contributed by atoms with Gasteiger partial charge in [-0.15, -0.1) is 0 Å². The van der Waals surface area contributed by atoms with Crippen LogP contribution in [-0.4, -0.2) is 47.1 Å². The summed E-state index contributed by atoms with van der Waals surface area (Å²) >= 11 is 0. The SMILES string of the molecule is COC(=O)[C@@H](OC(C)(C)C)c1c(C)cc2nc(C(=O)[O-])cn2c1N1CCC(C)(C)CC1.[Na+]. The fraction of sp³-hybridized carbons (Fsp3) is 0.609. The van der Waals surface area contributed by atoms with Gasteiger partial charge in [-0.3, -0.25) is 4.40 Å². The Kier molecular flexibility index (Phi) is 8.08. The molecule has 0 bridgehead atoms. The van der Waals surface area contributed by atoms with Gasteiger partial charge in [-0.25, -0.2) is 9.78 Å². The Balaban J connectivity index is 0.00000363. The van der Waals surface area contributed by atoms with Crippen LogP contribution in [0.15, 0.2) is 12.3 Å². The first-order valence-electron chi connectivity index (χ1n) is 10.6. The molecule has 1 fully saturated rings. The third-order valence-corrected chi connectivity index (χ3v) is 5.75. The molecule has 0 N–H and O–H groups in total. The number of aromatic carboxylic acids is 1. The van der Waals surface area contributed by atoms with Crippen molar-refractivity contribution in [3.63, 3.8) is 0 Å². The zero-order valence-electron chi connectivity index (χ0n) is 20.4. The van der Waals surface area contributed by atoms with Gasteiger partial charge in [0.1, 0.15) is 17.2 Å². The van der Waals surface area contributed by atoms with E-state index >= 15 is 0 Å². The minimum Gasteiger partial charge on any atom is -0.543 e. The number of imidazole rings is 1. The van der Waals surface area contributed by atoms with E-state index in [1.165, 1.54) is 13.3 Å². The summed E-state index contributed by atoms with van der Waals surface area (Å²) in [6.07, 6.45) is 2.42. The monoisotopic (exact) mass is 453 g/mol. The number of carbonyl (C=O) groups is 2. The normalized spacial score (nSPS) is 17.0. The first-order valence-corrected chi connectivity index (χ1v) is 10.6. The fourth-order valence-electron chi connectivity index (χ4n) is 4.00. The number of aryl methyl sites for hydroxylation is 1. The summed E-state index contributed by atoms with van der Waals surface area (Å²) in [5.41, 5.74) is 1.39. The van der Waals surface area contributed by atoms with Crippen LogP contribution < -0.4 is 39.6 Å². The van der Waals surface area contributed by atoms with Crippen LogP contribution in [0, 0.1) is 12.3 Å². The largest absolute Gasteiger partial charge is 1.00 e. The molecule has 0 radical (unpaired) electrons. The Morgan fingerprint density at radius 1 is 1.22 bits per heavy atom. The van der Waals surface area contributed by atoms with Crippen molar-refractivity contribution in [2.45, 2.75) is 66.1 Å². The summed E-state index contributed by atoms with van der Waals surface area (Å²) in [6.45, 7) is 13.5. The third kappa shape index (κ3) is 5.65. The molecule has 1 aliphatic heterocycles. The van der Waals surface area contributed by atoms with E-state index in [-0.39, 0.29) is 40.7 Å². The standard InChI is InChI=1S/C23H33N3O5.Na/c1-14-12-16-24-15(20(27)28)13-26(16)19(25-10-8-23(5,6)9-11-25)17(14)18(21(29)30-7)31-22(2,3)4;/h12-13,18H,8-11H2,1-7H3,(H,27,28);/q;+1/p-1/t18-;/m0./s1. The summed E-state index contributed by atoms with van der Waals surface area (Å²) in [7, 11) is 1.34. The fourth-order valence-corrected chi connectivity index (χ4v) is 4.00. The van der Waals surface area contributed by atoms with Crippen LogP contribution in [0.5, 0.6) is 0 Å². The van der Waals surface area contributed by atoms with E-state index in [2.05, 4.69) is 23.7 Å². The molecule has 0 aliphatic carbocycles. The molecule has 3 rings (SSSR count). The number of anilines is 1. The van der Waals surface area contributed by atoms with Crippen molar-refractivity contribution in [2.75, 3.05) is 25.1 Å². The number of aromatic nitrogens is 2. The second-order valence-electron chi connectivity index (χ2n) is 9.99. The predicted molar refractivity (Wildman–Crippen MR) is 115 cm³/mol. The summed E-state index contributed by atoms with van der Waals surface area (Å²) in [6, 6.07) is 1.76. The molecule has 0 saturated carbocycles. The van der Waals surface area contributed by atoms with Gasteiger partial charge in [-0.05, 0) is 57.6 Å². The molecule has 1 atom stereocenters. The topological polar surface area (TPSA) is 96.2 Å². The quantitative estimate of drug-likeness (QED) is 0.452. The van der Waals surface area contributed by atoms with Gasteiger partial charge in [-0.1, -0.05) is 13.8 Å². The van der Waals surface area contributed by atoms with Crippen molar-refractivity contribution >= 4 is 23.4 Å². The Labute approximate surface area is 211 Å².